The minimum absolute atomic E-state index is 0.0312. The van der Waals surface area contributed by atoms with Crippen LogP contribution in [0.15, 0.2) is 29.2 Å². The zero-order valence-corrected chi connectivity index (χ0v) is 12.1. The van der Waals surface area contributed by atoms with Crippen molar-refractivity contribution in [3.8, 4) is 0 Å². The lowest BCUT2D eigenvalue weighted by Crippen LogP contribution is -2.08. The van der Waals surface area contributed by atoms with Gasteiger partial charge in [-0.2, -0.15) is 0 Å². The van der Waals surface area contributed by atoms with Gasteiger partial charge in [0.05, 0.1) is 17.1 Å². The molecule has 0 fully saturated rings. The second-order valence-corrected chi connectivity index (χ2v) is 6.84. The molecule has 0 saturated carbocycles. The Morgan fingerprint density at radius 2 is 2.00 bits per heavy atom. The van der Waals surface area contributed by atoms with Crippen molar-refractivity contribution < 1.29 is 18.3 Å². The summed E-state index contributed by atoms with van der Waals surface area (Å²) in [5, 5.41) is 8.93. The molecule has 0 aliphatic rings. The summed E-state index contributed by atoms with van der Waals surface area (Å²) in [6, 6.07) is 6.66. The van der Waals surface area contributed by atoms with Crippen molar-refractivity contribution in [1.29, 1.82) is 0 Å². The van der Waals surface area contributed by atoms with E-state index in [9.17, 15) is 13.2 Å². The number of sulfone groups is 1. The van der Waals surface area contributed by atoms with E-state index in [1.165, 1.54) is 0 Å². The molecule has 1 aromatic carbocycles. The number of hydrogen-bond donors (Lipinski definition) is 1. The van der Waals surface area contributed by atoms with Gasteiger partial charge < -0.3 is 5.11 Å². The predicted octanol–water partition coefficient (Wildman–Crippen LogP) is 2.84. The van der Waals surface area contributed by atoms with E-state index in [2.05, 4.69) is 0 Å². The highest BCUT2D eigenvalue weighted by atomic mass is 32.2. The average Bonchev–Trinajstić information content (AvgIpc) is 2.38. The number of benzene rings is 1. The molecule has 0 saturated heterocycles. The van der Waals surface area contributed by atoms with Crippen molar-refractivity contribution in [3.05, 3.63) is 29.8 Å². The van der Waals surface area contributed by atoms with Crippen molar-refractivity contribution >= 4 is 15.8 Å². The molecular formula is C14H20O4S. The Balaban J connectivity index is 3.11. The van der Waals surface area contributed by atoms with Gasteiger partial charge in [0.1, 0.15) is 0 Å². The second kappa shape index (κ2) is 6.70. The smallest absolute Gasteiger partial charge is 0.303 e. The third-order valence-electron chi connectivity index (χ3n) is 3.13. The van der Waals surface area contributed by atoms with Gasteiger partial charge in [0.15, 0.2) is 9.84 Å². The number of carbonyl (C=O) groups is 1. The third-order valence-corrected chi connectivity index (χ3v) is 4.86. The number of carboxylic acid groups (broad SMARTS) is 1. The lowest BCUT2D eigenvalue weighted by atomic mass is 9.91. The van der Waals surface area contributed by atoms with Crippen LogP contribution >= 0.6 is 0 Å². The Morgan fingerprint density at radius 1 is 1.32 bits per heavy atom. The first kappa shape index (κ1) is 15.7. The average molecular weight is 284 g/mol. The summed E-state index contributed by atoms with van der Waals surface area (Å²) in [6.45, 7) is 3.59. The van der Waals surface area contributed by atoms with Gasteiger partial charge in [0.2, 0.25) is 0 Å². The molecule has 4 nitrogen and oxygen atoms in total. The summed E-state index contributed by atoms with van der Waals surface area (Å²) in [4.78, 5) is 11.2. The quantitative estimate of drug-likeness (QED) is 0.835. The third kappa shape index (κ3) is 4.35. The van der Waals surface area contributed by atoms with Crippen LogP contribution in [-0.2, 0) is 14.6 Å². The first-order chi connectivity index (χ1) is 8.90. The number of rotatable bonds is 7. The Morgan fingerprint density at radius 3 is 2.53 bits per heavy atom. The Labute approximate surface area is 114 Å². The van der Waals surface area contributed by atoms with Crippen LogP contribution < -0.4 is 0 Å². The summed E-state index contributed by atoms with van der Waals surface area (Å²) >= 11 is 0. The van der Waals surface area contributed by atoms with Gasteiger partial charge in [-0.15, -0.1) is 0 Å². The second-order valence-electron chi connectivity index (χ2n) is 4.56. The fourth-order valence-corrected chi connectivity index (χ4v) is 3.01. The van der Waals surface area contributed by atoms with E-state index >= 15 is 0 Å². The Kier molecular flexibility index (Phi) is 5.54. The van der Waals surface area contributed by atoms with E-state index in [1.54, 1.807) is 31.2 Å². The van der Waals surface area contributed by atoms with Crippen molar-refractivity contribution in [3.63, 3.8) is 0 Å². The molecule has 0 spiro atoms. The summed E-state index contributed by atoms with van der Waals surface area (Å²) in [5.41, 5.74) is 0.791. The molecule has 5 heteroatoms. The van der Waals surface area contributed by atoms with E-state index in [-0.39, 0.29) is 23.0 Å². The van der Waals surface area contributed by atoms with Crippen molar-refractivity contribution in [1.82, 2.24) is 0 Å². The largest absolute Gasteiger partial charge is 0.481 e. The molecule has 0 aromatic heterocycles. The summed E-state index contributed by atoms with van der Waals surface area (Å²) in [6.07, 6.45) is 1.63. The van der Waals surface area contributed by atoms with Crippen LogP contribution in [0.1, 0.15) is 44.6 Å². The molecule has 106 valence electrons. The van der Waals surface area contributed by atoms with Crippen LogP contribution in [0.25, 0.3) is 0 Å². The maximum absolute atomic E-state index is 11.8. The summed E-state index contributed by atoms with van der Waals surface area (Å²) in [7, 11) is -3.25. The topological polar surface area (TPSA) is 71.4 Å². The van der Waals surface area contributed by atoms with Gasteiger partial charge in [-0.3, -0.25) is 4.79 Å². The molecule has 0 bridgehead atoms. The monoisotopic (exact) mass is 284 g/mol. The van der Waals surface area contributed by atoms with Crippen LogP contribution in [-0.4, -0.2) is 25.2 Å². The lowest BCUT2D eigenvalue weighted by Gasteiger charge is -2.15. The fraction of sp³-hybridized carbons (Fsp3) is 0.500. The van der Waals surface area contributed by atoms with Crippen LogP contribution in [0.4, 0.5) is 0 Å². The van der Waals surface area contributed by atoms with E-state index in [0.717, 1.165) is 18.4 Å². The van der Waals surface area contributed by atoms with Crippen molar-refractivity contribution in [2.45, 2.75) is 43.9 Å². The first-order valence-corrected chi connectivity index (χ1v) is 8.10. The molecule has 0 aliphatic carbocycles. The molecule has 19 heavy (non-hydrogen) atoms. The van der Waals surface area contributed by atoms with Gasteiger partial charge >= 0.3 is 5.97 Å². The van der Waals surface area contributed by atoms with Gasteiger partial charge in [0.25, 0.3) is 0 Å². The molecule has 1 rings (SSSR count). The highest BCUT2D eigenvalue weighted by molar-refractivity contribution is 7.91. The number of carboxylic acids is 1. The number of aliphatic carboxylic acids is 1. The van der Waals surface area contributed by atoms with Crippen LogP contribution in [0.5, 0.6) is 0 Å². The maximum Gasteiger partial charge on any atom is 0.303 e. The van der Waals surface area contributed by atoms with E-state index < -0.39 is 15.8 Å². The highest BCUT2D eigenvalue weighted by Crippen LogP contribution is 2.27. The maximum atomic E-state index is 11.8. The molecule has 1 unspecified atom stereocenters. The van der Waals surface area contributed by atoms with Crippen LogP contribution in [0.3, 0.4) is 0 Å². The SMILES string of the molecule is CCCC(CC(=O)O)c1cccc(S(=O)(=O)CC)c1. The van der Waals surface area contributed by atoms with Crippen LogP contribution in [0, 0.1) is 0 Å². The molecule has 1 N–H and O–H groups in total. The minimum atomic E-state index is -3.25. The van der Waals surface area contributed by atoms with Crippen molar-refractivity contribution in [2.75, 3.05) is 5.75 Å². The van der Waals surface area contributed by atoms with Gasteiger partial charge in [-0.25, -0.2) is 8.42 Å². The van der Waals surface area contributed by atoms with Crippen LogP contribution in [0.2, 0.25) is 0 Å². The molecule has 1 atom stereocenters. The summed E-state index contributed by atoms with van der Waals surface area (Å²) in [5.74, 6) is -0.940. The first-order valence-electron chi connectivity index (χ1n) is 6.45. The standard InChI is InChI=1S/C14H20O4S/c1-3-6-11(10-14(15)16)12-7-5-8-13(9-12)19(17,18)4-2/h5,7-9,11H,3-4,6,10H2,1-2H3,(H,15,16). The molecule has 0 heterocycles. The Hall–Kier alpha value is -1.36. The fourth-order valence-electron chi connectivity index (χ4n) is 2.07. The normalized spacial score (nSPS) is 13.2. The number of hydrogen-bond acceptors (Lipinski definition) is 3. The van der Waals surface area contributed by atoms with E-state index in [1.807, 2.05) is 6.92 Å². The molecule has 1 aromatic rings. The predicted molar refractivity (Wildman–Crippen MR) is 74.1 cm³/mol. The van der Waals surface area contributed by atoms with E-state index in [4.69, 9.17) is 5.11 Å². The minimum Gasteiger partial charge on any atom is -0.481 e. The molecule has 0 aliphatic heterocycles. The Bertz CT molecular complexity index is 534. The van der Waals surface area contributed by atoms with Gasteiger partial charge in [0, 0.05) is 0 Å². The van der Waals surface area contributed by atoms with Gasteiger partial charge in [-0.05, 0) is 30.0 Å². The highest BCUT2D eigenvalue weighted by Gasteiger charge is 2.18. The van der Waals surface area contributed by atoms with Gasteiger partial charge in [-0.1, -0.05) is 32.4 Å². The van der Waals surface area contributed by atoms with Crippen molar-refractivity contribution in [2.24, 2.45) is 0 Å². The lowest BCUT2D eigenvalue weighted by molar-refractivity contribution is -0.137. The zero-order chi connectivity index (χ0) is 14.5. The zero-order valence-electron chi connectivity index (χ0n) is 11.3. The molecule has 0 amide bonds. The molecular weight excluding hydrogens is 264 g/mol. The molecule has 0 radical (unpaired) electrons. The van der Waals surface area contributed by atoms with E-state index in [0.29, 0.717) is 0 Å². The summed E-state index contributed by atoms with van der Waals surface area (Å²) < 4.78 is 23.7.